The number of nitrogens with two attached hydrogens (primary N) is 2. The first-order valence-corrected chi connectivity index (χ1v) is 5.21. The predicted octanol–water partition coefficient (Wildman–Crippen LogP) is -1.34. The van der Waals surface area contributed by atoms with Gasteiger partial charge in [0.1, 0.15) is 11.7 Å². The number of hydrogen-bond acceptors (Lipinski definition) is 4. The molecule has 1 aromatic rings. The van der Waals surface area contributed by atoms with Crippen molar-refractivity contribution >= 4 is 17.5 Å². The highest BCUT2D eigenvalue weighted by Gasteiger charge is 2.38. The molecule has 1 aliphatic rings. The van der Waals surface area contributed by atoms with Crippen molar-refractivity contribution in [3.05, 3.63) is 18.0 Å². The largest absolute Gasteiger partial charge is 0.397 e. The van der Waals surface area contributed by atoms with Gasteiger partial charge in [-0.1, -0.05) is 0 Å². The molecule has 17 heavy (non-hydrogen) atoms. The molecule has 2 amide bonds. The van der Waals surface area contributed by atoms with Crippen LogP contribution in [0.1, 0.15) is 16.9 Å². The summed E-state index contributed by atoms with van der Waals surface area (Å²) in [6, 6.07) is 0.715. The van der Waals surface area contributed by atoms with Crippen LogP contribution >= 0.6 is 0 Å². The normalized spacial score (nSPS) is 23.9. The van der Waals surface area contributed by atoms with Gasteiger partial charge in [0, 0.05) is 24.8 Å². The number of H-pyrrole nitrogens is 1. The minimum atomic E-state index is -0.762. The van der Waals surface area contributed by atoms with E-state index in [1.54, 1.807) is 0 Å². The predicted molar refractivity (Wildman–Crippen MR) is 59.8 cm³/mol. The van der Waals surface area contributed by atoms with E-state index in [9.17, 15) is 14.7 Å². The van der Waals surface area contributed by atoms with Gasteiger partial charge in [-0.25, -0.2) is 0 Å². The van der Waals surface area contributed by atoms with Crippen LogP contribution in [-0.4, -0.2) is 45.5 Å². The van der Waals surface area contributed by atoms with E-state index in [4.69, 9.17) is 11.5 Å². The van der Waals surface area contributed by atoms with Gasteiger partial charge in [0.15, 0.2) is 0 Å². The minimum Gasteiger partial charge on any atom is -0.397 e. The number of aromatic amines is 1. The van der Waals surface area contributed by atoms with Crippen LogP contribution in [0.4, 0.5) is 5.69 Å². The van der Waals surface area contributed by atoms with Crippen LogP contribution in [0.15, 0.2) is 12.3 Å². The van der Waals surface area contributed by atoms with Crippen molar-refractivity contribution in [1.82, 2.24) is 9.88 Å². The van der Waals surface area contributed by atoms with E-state index in [0.717, 1.165) is 0 Å². The highest BCUT2D eigenvalue weighted by molar-refractivity contribution is 5.97. The standard InChI is InChI=1S/C10H14N4O3/c11-5-1-7(13-3-5)10(17)14-4-6(15)2-8(14)9(12)16/h1,3,6,8,13,15H,2,4,11H2,(H2,12,16). The number of aliphatic hydroxyl groups is 1. The Labute approximate surface area is 97.4 Å². The summed E-state index contributed by atoms with van der Waals surface area (Å²) >= 11 is 0. The number of anilines is 1. The molecule has 2 unspecified atom stereocenters. The number of nitrogen functional groups attached to an aromatic ring is 1. The lowest BCUT2D eigenvalue weighted by atomic mass is 10.2. The number of nitrogens with one attached hydrogen (secondary N) is 1. The number of aliphatic hydroxyl groups excluding tert-OH is 1. The lowest BCUT2D eigenvalue weighted by molar-refractivity contribution is -0.121. The number of hydrogen-bond donors (Lipinski definition) is 4. The van der Waals surface area contributed by atoms with E-state index in [-0.39, 0.29) is 24.6 Å². The van der Waals surface area contributed by atoms with E-state index < -0.39 is 18.1 Å². The zero-order valence-electron chi connectivity index (χ0n) is 9.09. The molecule has 2 rings (SSSR count). The Balaban J connectivity index is 2.21. The topological polar surface area (TPSA) is 125 Å². The molecule has 1 aliphatic heterocycles. The van der Waals surface area contributed by atoms with E-state index in [1.165, 1.54) is 17.2 Å². The molecule has 6 N–H and O–H groups in total. The molecule has 0 aromatic carbocycles. The molecule has 2 heterocycles. The third kappa shape index (κ3) is 2.09. The summed E-state index contributed by atoms with van der Waals surface area (Å²) in [6.45, 7) is 0.103. The second-order valence-electron chi connectivity index (χ2n) is 4.11. The summed E-state index contributed by atoms with van der Waals surface area (Å²) in [5.74, 6) is -1.00. The SMILES string of the molecule is NC(=O)C1CC(O)CN1C(=O)c1cc(N)c[nH]1. The molecule has 1 fully saturated rings. The third-order valence-electron chi connectivity index (χ3n) is 2.80. The summed E-state index contributed by atoms with van der Waals surface area (Å²) in [5, 5.41) is 9.48. The maximum Gasteiger partial charge on any atom is 0.271 e. The zero-order valence-corrected chi connectivity index (χ0v) is 9.09. The van der Waals surface area contributed by atoms with E-state index >= 15 is 0 Å². The van der Waals surface area contributed by atoms with E-state index in [2.05, 4.69) is 4.98 Å². The number of carbonyl (C=O) groups excluding carboxylic acids is 2. The molecule has 7 nitrogen and oxygen atoms in total. The van der Waals surface area contributed by atoms with E-state index in [0.29, 0.717) is 5.69 Å². The fourth-order valence-electron chi connectivity index (χ4n) is 2.00. The number of nitrogens with zero attached hydrogens (tertiary/aromatic N) is 1. The molecule has 0 saturated carbocycles. The van der Waals surface area contributed by atoms with Gasteiger partial charge in [0.2, 0.25) is 5.91 Å². The Morgan fingerprint density at radius 3 is 2.76 bits per heavy atom. The second kappa shape index (κ2) is 4.10. The highest BCUT2D eigenvalue weighted by atomic mass is 16.3. The quantitative estimate of drug-likeness (QED) is 0.508. The first kappa shape index (κ1) is 11.5. The molecule has 7 heteroatoms. The van der Waals surface area contributed by atoms with Gasteiger partial charge in [-0.05, 0) is 6.07 Å². The number of primary amides is 1. The van der Waals surface area contributed by atoms with Gasteiger partial charge in [-0.15, -0.1) is 0 Å². The second-order valence-corrected chi connectivity index (χ2v) is 4.11. The summed E-state index contributed by atoms with van der Waals surface area (Å²) in [6.07, 6.45) is 0.944. The van der Waals surface area contributed by atoms with Gasteiger partial charge < -0.3 is 26.5 Å². The number of aromatic nitrogens is 1. The molecule has 0 spiro atoms. The lowest BCUT2D eigenvalue weighted by Crippen LogP contribution is -2.43. The van der Waals surface area contributed by atoms with Crippen LogP contribution in [0.25, 0.3) is 0 Å². The number of β-amino-alcohol motifs (C(OH)–C–C–N with tert-alkyl or cyclic N) is 1. The molecule has 1 saturated heterocycles. The first-order chi connectivity index (χ1) is 7.99. The van der Waals surface area contributed by atoms with Crippen molar-refractivity contribution < 1.29 is 14.7 Å². The molecule has 0 bridgehead atoms. The minimum absolute atomic E-state index is 0.103. The lowest BCUT2D eigenvalue weighted by Gasteiger charge is -2.20. The molecule has 0 radical (unpaired) electrons. The monoisotopic (exact) mass is 238 g/mol. The fourth-order valence-corrected chi connectivity index (χ4v) is 2.00. The number of rotatable bonds is 2. The van der Waals surface area contributed by atoms with Crippen LogP contribution in [0.5, 0.6) is 0 Å². The van der Waals surface area contributed by atoms with Crippen LogP contribution in [0.3, 0.4) is 0 Å². The first-order valence-electron chi connectivity index (χ1n) is 5.21. The van der Waals surface area contributed by atoms with Crippen molar-refractivity contribution in [3.63, 3.8) is 0 Å². The number of carbonyl (C=O) groups is 2. The van der Waals surface area contributed by atoms with Crippen molar-refractivity contribution in [2.45, 2.75) is 18.6 Å². The smallest absolute Gasteiger partial charge is 0.271 e. The molecule has 92 valence electrons. The molecule has 1 aromatic heterocycles. The zero-order chi connectivity index (χ0) is 12.6. The van der Waals surface area contributed by atoms with Crippen molar-refractivity contribution in [3.8, 4) is 0 Å². The summed E-state index contributed by atoms with van der Waals surface area (Å²) in [5.41, 5.74) is 11.4. The Morgan fingerprint density at radius 2 is 2.24 bits per heavy atom. The Kier molecular flexibility index (Phi) is 2.76. The van der Waals surface area contributed by atoms with Gasteiger partial charge >= 0.3 is 0 Å². The average molecular weight is 238 g/mol. The number of amides is 2. The van der Waals surface area contributed by atoms with Gasteiger partial charge in [-0.2, -0.15) is 0 Å². The van der Waals surface area contributed by atoms with Crippen LogP contribution in [0, 0.1) is 0 Å². The van der Waals surface area contributed by atoms with Crippen LogP contribution in [-0.2, 0) is 4.79 Å². The van der Waals surface area contributed by atoms with Crippen molar-refractivity contribution in [2.75, 3.05) is 12.3 Å². The summed E-state index contributed by atoms with van der Waals surface area (Å²) < 4.78 is 0. The number of likely N-dealkylation sites (tertiary alicyclic amines) is 1. The average Bonchev–Trinajstić information content (AvgIpc) is 2.83. The third-order valence-corrected chi connectivity index (χ3v) is 2.80. The van der Waals surface area contributed by atoms with Crippen LogP contribution in [0.2, 0.25) is 0 Å². The summed E-state index contributed by atoms with van der Waals surface area (Å²) in [4.78, 5) is 27.2. The molecule has 2 atom stereocenters. The van der Waals surface area contributed by atoms with Gasteiger partial charge in [0.25, 0.3) is 5.91 Å². The van der Waals surface area contributed by atoms with Crippen molar-refractivity contribution in [2.24, 2.45) is 5.73 Å². The van der Waals surface area contributed by atoms with Crippen LogP contribution < -0.4 is 11.5 Å². The molecular weight excluding hydrogens is 224 g/mol. The van der Waals surface area contributed by atoms with E-state index in [1.807, 2.05) is 0 Å². The Morgan fingerprint density at radius 1 is 1.53 bits per heavy atom. The molecular formula is C10H14N4O3. The van der Waals surface area contributed by atoms with Gasteiger partial charge in [-0.3, -0.25) is 9.59 Å². The Bertz CT molecular complexity index is 456. The highest BCUT2D eigenvalue weighted by Crippen LogP contribution is 2.20. The van der Waals surface area contributed by atoms with Crippen molar-refractivity contribution in [1.29, 1.82) is 0 Å². The maximum atomic E-state index is 12.0. The Hall–Kier alpha value is -2.02. The molecule has 0 aliphatic carbocycles. The summed E-state index contributed by atoms with van der Waals surface area (Å²) in [7, 11) is 0. The fraction of sp³-hybridized carbons (Fsp3) is 0.400. The maximum absolute atomic E-state index is 12.0. The van der Waals surface area contributed by atoms with Gasteiger partial charge in [0.05, 0.1) is 6.10 Å².